The highest BCUT2D eigenvalue weighted by Gasteiger charge is 2.42. The maximum absolute atomic E-state index is 12.5. The lowest BCUT2D eigenvalue weighted by Crippen LogP contribution is -2.40. The third kappa shape index (κ3) is 3.16. The fourth-order valence-electron chi connectivity index (χ4n) is 3.95. The van der Waals surface area contributed by atoms with E-state index in [9.17, 15) is 8.42 Å². The summed E-state index contributed by atoms with van der Waals surface area (Å²) in [6.07, 6.45) is 5.03. The van der Waals surface area contributed by atoms with E-state index in [0.29, 0.717) is 21.3 Å². The Kier molecular flexibility index (Phi) is 4.39. The van der Waals surface area contributed by atoms with Crippen LogP contribution in [0.15, 0.2) is 27.6 Å². The van der Waals surface area contributed by atoms with Gasteiger partial charge in [-0.15, -0.1) is 0 Å². The summed E-state index contributed by atoms with van der Waals surface area (Å²) >= 11 is 9.19. The lowest BCUT2D eigenvalue weighted by Gasteiger charge is -2.28. The van der Waals surface area contributed by atoms with Gasteiger partial charge >= 0.3 is 0 Å². The van der Waals surface area contributed by atoms with Crippen LogP contribution >= 0.6 is 27.5 Å². The first kappa shape index (κ1) is 15.8. The molecule has 21 heavy (non-hydrogen) atoms. The predicted molar refractivity (Wildman–Crippen MR) is 87.9 cm³/mol. The van der Waals surface area contributed by atoms with Gasteiger partial charge in [-0.2, -0.15) is 0 Å². The van der Waals surface area contributed by atoms with E-state index in [2.05, 4.69) is 20.7 Å². The Bertz CT molecular complexity index is 649. The molecule has 0 aromatic heterocycles. The molecular weight excluding hydrogens is 374 g/mol. The zero-order valence-corrected chi connectivity index (χ0v) is 15.0. The van der Waals surface area contributed by atoms with Gasteiger partial charge in [0.1, 0.15) is 0 Å². The molecule has 6 heteroatoms. The first-order chi connectivity index (χ1) is 9.87. The minimum atomic E-state index is -3.49. The molecular formula is C15H19BrClNO2S. The van der Waals surface area contributed by atoms with Crippen molar-refractivity contribution < 1.29 is 8.42 Å². The Hall–Kier alpha value is -0.100. The smallest absolute Gasteiger partial charge is 0.208 e. The number of benzene rings is 1. The summed E-state index contributed by atoms with van der Waals surface area (Å²) in [4.78, 5) is 0.258. The predicted octanol–water partition coefficient (Wildman–Crippen LogP) is 4.21. The molecule has 2 bridgehead atoms. The first-order valence-electron chi connectivity index (χ1n) is 7.34. The molecule has 1 N–H and O–H groups in total. The van der Waals surface area contributed by atoms with Crippen LogP contribution in [-0.4, -0.2) is 14.5 Å². The van der Waals surface area contributed by atoms with Gasteiger partial charge in [0.05, 0.1) is 9.92 Å². The lowest BCUT2D eigenvalue weighted by molar-refractivity contribution is 0.280. The van der Waals surface area contributed by atoms with Gasteiger partial charge in [0.2, 0.25) is 10.0 Å². The summed E-state index contributed by atoms with van der Waals surface area (Å²) in [7, 11) is -3.49. The van der Waals surface area contributed by atoms with Crippen molar-refractivity contribution in [1.29, 1.82) is 0 Å². The standard InChI is InChI=1S/C15H19BrClNO2S/c1-9(13-7-10-2-3-11(13)6-10)18-21(19,20)12-4-5-15(17)14(16)8-12/h4-5,8-11,13,18H,2-3,6-7H2,1H3. The Morgan fingerprint density at radius 2 is 2.10 bits per heavy atom. The number of rotatable bonds is 4. The molecule has 0 amide bonds. The number of nitrogens with one attached hydrogen (secondary N) is 1. The van der Waals surface area contributed by atoms with Crippen LogP contribution in [0.2, 0.25) is 5.02 Å². The fourth-order valence-corrected chi connectivity index (χ4v) is 5.92. The van der Waals surface area contributed by atoms with Gasteiger partial charge in [0.15, 0.2) is 0 Å². The maximum atomic E-state index is 12.5. The molecule has 116 valence electrons. The summed E-state index contributed by atoms with van der Waals surface area (Å²) in [6.45, 7) is 1.99. The van der Waals surface area contributed by atoms with Crippen LogP contribution in [-0.2, 0) is 10.0 Å². The lowest BCUT2D eigenvalue weighted by atomic mass is 9.84. The van der Waals surface area contributed by atoms with Gasteiger partial charge in [-0.25, -0.2) is 13.1 Å². The number of fused-ring (bicyclic) bond motifs is 2. The van der Waals surface area contributed by atoms with E-state index in [1.165, 1.54) is 25.7 Å². The van der Waals surface area contributed by atoms with Crippen LogP contribution in [0.5, 0.6) is 0 Å². The van der Waals surface area contributed by atoms with Gasteiger partial charge in [-0.3, -0.25) is 0 Å². The molecule has 2 aliphatic rings. The van der Waals surface area contributed by atoms with Crippen molar-refractivity contribution in [2.75, 3.05) is 0 Å². The monoisotopic (exact) mass is 391 g/mol. The molecule has 0 radical (unpaired) electrons. The molecule has 4 unspecified atom stereocenters. The molecule has 0 heterocycles. The van der Waals surface area contributed by atoms with Crippen molar-refractivity contribution in [2.24, 2.45) is 17.8 Å². The number of hydrogen-bond acceptors (Lipinski definition) is 2. The van der Waals surface area contributed by atoms with Crippen LogP contribution in [0.1, 0.15) is 32.6 Å². The summed E-state index contributed by atoms with van der Waals surface area (Å²) < 4.78 is 28.4. The van der Waals surface area contributed by atoms with Gasteiger partial charge < -0.3 is 0 Å². The second-order valence-corrected chi connectivity index (χ2v) is 9.30. The Labute approximate surface area is 139 Å². The van der Waals surface area contributed by atoms with Crippen molar-refractivity contribution in [3.8, 4) is 0 Å². The van der Waals surface area contributed by atoms with Crippen LogP contribution < -0.4 is 4.72 Å². The molecule has 3 nitrogen and oxygen atoms in total. The Morgan fingerprint density at radius 3 is 2.67 bits per heavy atom. The number of hydrogen-bond donors (Lipinski definition) is 1. The van der Waals surface area contributed by atoms with Crippen molar-refractivity contribution in [3.63, 3.8) is 0 Å². The maximum Gasteiger partial charge on any atom is 0.240 e. The average Bonchev–Trinajstić information content (AvgIpc) is 3.03. The molecule has 0 aliphatic heterocycles. The fraction of sp³-hybridized carbons (Fsp3) is 0.600. The van der Waals surface area contributed by atoms with Crippen LogP contribution in [0, 0.1) is 17.8 Å². The molecule has 1 aromatic carbocycles. The van der Waals surface area contributed by atoms with E-state index < -0.39 is 10.0 Å². The Balaban J connectivity index is 1.75. The highest BCUT2D eigenvalue weighted by Crippen LogP contribution is 2.49. The van der Waals surface area contributed by atoms with E-state index in [4.69, 9.17) is 11.6 Å². The Morgan fingerprint density at radius 1 is 1.33 bits per heavy atom. The number of halogens is 2. The minimum absolute atomic E-state index is 0.0141. The van der Waals surface area contributed by atoms with Crippen LogP contribution in [0.3, 0.4) is 0 Å². The minimum Gasteiger partial charge on any atom is -0.208 e. The van der Waals surface area contributed by atoms with Gasteiger partial charge in [0, 0.05) is 10.5 Å². The zero-order valence-electron chi connectivity index (χ0n) is 11.9. The normalized spacial score (nSPS) is 29.8. The quantitative estimate of drug-likeness (QED) is 0.834. The average molecular weight is 393 g/mol. The van der Waals surface area contributed by atoms with Crippen LogP contribution in [0.4, 0.5) is 0 Å². The zero-order chi connectivity index (χ0) is 15.2. The van der Waals surface area contributed by atoms with Gasteiger partial charge in [0.25, 0.3) is 0 Å². The van der Waals surface area contributed by atoms with Crippen molar-refractivity contribution in [2.45, 2.75) is 43.5 Å². The third-order valence-corrected chi connectivity index (χ3v) is 7.75. The van der Waals surface area contributed by atoms with Crippen molar-refractivity contribution in [1.82, 2.24) is 4.72 Å². The van der Waals surface area contributed by atoms with Gasteiger partial charge in [-0.05, 0) is 78.1 Å². The third-order valence-electron chi connectivity index (χ3n) is 4.98. The van der Waals surface area contributed by atoms with Crippen molar-refractivity contribution >= 4 is 37.6 Å². The second kappa shape index (κ2) is 5.84. The molecule has 1 aromatic rings. The SMILES string of the molecule is CC(NS(=O)(=O)c1ccc(Cl)c(Br)c1)C1CC2CCC1C2. The largest absolute Gasteiger partial charge is 0.240 e. The summed E-state index contributed by atoms with van der Waals surface area (Å²) in [6, 6.07) is 4.68. The van der Waals surface area contributed by atoms with E-state index in [0.717, 1.165) is 5.92 Å². The molecule has 3 rings (SSSR count). The molecule has 0 saturated heterocycles. The molecule has 0 spiro atoms. The van der Waals surface area contributed by atoms with E-state index in [1.54, 1.807) is 18.2 Å². The second-order valence-electron chi connectivity index (χ2n) is 6.32. The van der Waals surface area contributed by atoms with E-state index in [-0.39, 0.29) is 10.9 Å². The highest BCUT2D eigenvalue weighted by atomic mass is 79.9. The highest BCUT2D eigenvalue weighted by molar-refractivity contribution is 9.10. The topological polar surface area (TPSA) is 46.2 Å². The summed E-state index contributed by atoms with van der Waals surface area (Å²) in [5, 5.41) is 0.509. The molecule has 2 aliphatic carbocycles. The molecule has 4 atom stereocenters. The van der Waals surface area contributed by atoms with Gasteiger partial charge in [-0.1, -0.05) is 18.0 Å². The molecule has 2 saturated carbocycles. The van der Waals surface area contributed by atoms with E-state index in [1.807, 2.05) is 6.92 Å². The van der Waals surface area contributed by atoms with Crippen molar-refractivity contribution in [3.05, 3.63) is 27.7 Å². The summed E-state index contributed by atoms with van der Waals surface area (Å²) in [5.41, 5.74) is 0. The molecule has 2 fully saturated rings. The number of sulfonamides is 1. The summed E-state index contributed by atoms with van der Waals surface area (Å²) in [5.74, 6) is 2.00. The van der Waals surface area contributed by atoms with Crippen LogP contribution in [0.25, 0.3) is 0 Å². The first-order valence-corrected chi connectivity index (χ1v) is 9.99. The van der Waals surface area contributed by atoms with E-state index >= 15 is 0 Å².